The average Bonchev–Trinajstić information content (AvgIpc) is 2.38. The van der Waals surface area contributed by atoms with Crippen LogP contribution in [0.3, 0.4) is 0 Å². The molecule has 0 radical (unpaired) electrons. The Labute approximate surface area is 64.5 Å². The smallest absolute Gasteiger partial charge is 0.190 e. The molecule has 0 unspecified atom stereocenters. The van der Waals surface area contributed by atoms with E-state index in [-0.39, 0.29) is 11.8 Å². The number of hydrogen-bond acceptors (Lipinski definition) is 3. The van der Waals surface area contributed by atoms with Gasteiger partial charge < -0.3 is 4.74 Å². The van der Waals surface area contributed by atoms with Crippen molar-refractivity contribution in [3.8, 4) is 0 Å². The second kappa shape index (κ2) is 2.90. The van der Waals surface area contributed by atoms with Crippen LogP contribution >= 0.6 is 11.6 Å². The van der Waals surface area contributed by atoms with Gasteiger partial charge in [-0.15, -0.1) is 11.6 Å². The monoisotopic (exact) mass is 182 g/mol. The Morgan fingerprint density at radius 2 is 2.40 bits per heavy atom. The molecule has 0 fully saturated rings. The molecule has 0 aliphatic carbocycles. The largest absolute Gasteiger partial charge is 0.372 e. The Morgan fingerprint density at radius 1 is 1.70 bits per heavy atom. The summed E-state index contributed by atoms with van der Waals surface area (Å²) in [6.45, 7) is 0.556. The minimum absolute atomic E-state index is 0.176. The van der Waals surface area contributed by atoms with Gasteiger partial charge in [-0.2, -0.15) is 0 Å². The number of sulfone groups is 1. The molecule has 0 aromatic heterocycles. The van der Waals surface area contributed by atoms with Crippen LogP contribution in [0.4, 0.5) is 0 Å². The van der Waals surface area contributed by atoms with Gasteiger partial charge in [0.1, 0.15) is 5.21 Å². The summed E-state index contributed by atoms with van der Waals surface area (Å²) in [7, 11) is -3.20. The van der Waals surface area contributed by atoms with Gasteiger partial charge in [-0.1, -0.05) is 0 Å². The van der Waals surface area contributed by atoms with Crippen LogP contribution in [0.2, 0.25) is 0 Å². The Hall–Kier alpha value is -0.0600. The number of alkyl halides is 1. The molecule has 1 aliphatic heterocycles. The van der Waals surface area contributed by atoms with Crippen LogP contribution in [-0.2, 0) is 14.6 Å². The number of ether oxygens (including phenoxy) is 1. The summed E-state index contributed by atoms with van der Waals surface area (Å²) in [5.74, 6) is 0. The van der Waals surface area contributed by atoms with E-state index in [1.807, 2.05) is 0 Å². The number of hydrogen-bond donors (Lipinski definition) is 0. The lowest BCUT2D eigenvalue weighted by molar-refractivity contribution is 0.211. The minimum Gasteiger partial charge on any atom is -0.372 e. The highest BCUT2D eigenvalue weighted by Gasteiger charge is 2.19. The molecule has 0 aromatic carbocycles. The van der Waals surface area contributed by atoms with Gasteiger partial charge >= 0.3 is 0 Å². The van der Waals surface area contributed by atoms with E-state index in [1.54, 1.807) is 0 Å². The Kier molecular flexibility index (Phi) is 2.33. The van der Waals surface area contributed by atoms with Crippen molar-refractivity contribution in [2.24, 2.45) is 0 Å². The van der Waals surface area contributed by atoms with Crippen molar-refractivity contribution in [1.29, 1.82) is 0 Å². The minimum atomic E-state index is -3.20. The zero-order valence-electron chi connectivity index (χ0n) is 5.21. The summed E-state index contributed by atoms with van der Waals surface area (Å²) in [6, 6.07) is 0. The fourth-order valence-electron chi connectivity index (χ4n) is 0.657. The third-order valence-electron chi connectivity index (χ3n) is 1.22. The van der Waals surface area contributed by atoms with Crippen LogP contribution in [0.5, 0.6) is 0 Å². The first-order chi connectivity index (χ1) is 4.67. The average molecular weight is 183 g/mol. The topological polar surface area (TPSA) is 43.4 Å². The SMILES string of the molecule is O=S(=O)(CCl)C1=CCOC1. The van der Waals surface area contributed by atoms with Crippen LogP contribution in [0, 0.1) is 0 Å². The lowest BCUT2D eigenvalue weighted by Crippen LogP contribution is -2.06. The van der Waals surface area contributed by atoms with Crippen molar-refractivity contribution >= 4 is 21.4 Å². The van der Waals surface area contributed by atoms with E-state index in [0.29, 0.717) is 11.5 Å². The van der Waals surface area contributed by atoms with Crippen molar-refractivity contribution in [2.45, 2.75) is 0 Å². The molecule has 10 heavy (non-hydrogen) atoms. The van der Waals surface area contributed by atoms with Crippen LogP contribution < -0.4 is 0 Å². The van der Waals surface area contributed by atoms with E-state index >= 15 is 0 Å². The predicted octanol–water partition coefficient (Wildman–Crippen LogP) is 0.512. The van der Waals surface area contributed by atoms with Crippen molar-refractivity contribution in [1.82, 2.24) is 0 Å². The third-order valence-corrected chi connectivity index (χ3v) is 3.45. The highest BCUT2D eigenvalue weighted by molar-refractivity contribution is 7.96. The lowest BCUT2D eigenvalue weighted by Gasteiger charge is -1.96. The summed E-state index contributed by atoms with van der Waals surface area (Å²) in [4.78, 5) is 0.308. The van der Waals surface area contributed by atoms with Crippen molar-refractivity contribution in [3.63, 3.8) is 0 Å². The van der Waals surface area contributed by atoms with Gasteiger partial charge in [0, 0.05) is 0 Å². The Bertz CT molecular complexity index is 242. The van der Waals surface area contributed by atoms with Crippen LogP contribution in [0.1, 0.15) is 0 Å². The third kappa shape index (κ3) is 1.51. The van der Waals surface area contributed by atoms with E-state index < -0.39 is 9.84 Å². The highest BCUT2D eigenvalue weighted by Crippen LogP contribution is 2.13. The predicted molar refractivity (Wildman–Crippen MR) is 38.5 cm³/mol. The maximum atomic E-state index is 10.9. The molecule has 0 saturated heterocycles. The molecule has 3 nitrogen and oxygen atoms in total. The molecular formula is C5H7ClO3S. The van der Waals surface area contributed by atoms with E-state index in [1.165, 1.54) is 6.08 Å². The Morgan fingerprint density at radius 3 is 2.80 bits per heavy atom. The zero-order valence-corrected chi connectivity index (χ0v) is 6.78. The van der Waals surface area contributed by atoms with Crippen LogP contribution in [0.15, 0.2) is 11.0 Å². The Balaban J connectivity index is 2.83. The maximum Gasteiger partial charge on any atom is 0.190 e. The highest BCUT2D eigenvalue weighted by atomic mass is 35.5. The molecule has 0 amide bonds. The van der Waals surface area contributed by atoms with Crippen LogP contribution in [-0.4, -0.2) is 26.8 Å². The van der Waals surface area contributed by atoms with E-state index in [4.69, 9.17) is 16.3 Å². The zero-order chi connectivity index (χ0) is 7.61. The molecule has 0 spiro atoms. The first-order valence-corrected chi connectivity index (χ1v) is 4.91. The lowest BCUT2D eigenvalue weighted by atomic mass is 10.6. The quantitative estimate of drug-likeness (QED) is 0.585. The van der Waals surface area contributed by atoms with Crippen molar-refractivity contribution in [3.05, 3.63) is 11.0 Å². The summed E-state index contributed by atoms with van der Waals surface area (Å²) < 4.78 is 26.7. The molecule has 1 heterocycles. The number of rotatable bonds is 2. The van der Waals surface area contributed by atoms with Gasteiger partial charge in [0.05, 0.1) is 18.1 Å². The summed E-state index contributed by atoms with van der Waals surface area (Å²) in [6.07, 6.45) is 1.54. The fourth-order valence-corrected chi connectivity index (χ4v) is 1.80. The molecule has 0 bridgehead atoms. The van der Waals surface area contributed by atoms with Gasteiger partial charge in [0.25, 0.3) is 0 Å². The summed E-state index contributed by atoms with van der Waals surface area (Å²) >= 11 is 5.19. The fraction of sp³-hybridized carbons (Fsp3) is 0.600. The normalized spacial score (nSPS) is 19.1. The molecule has 0 aromatic rings. The van der Waals surface area contributed by atoms with Gasteiger partial charge in [0.2, 0.25) is 0 Å². The standard InChI is InChI=1S/C5H7ClO3S/c6-4-10(7,8)5-1-2-9-3-5/h1H,2-4H2. The van der Waals surface area contributed by atoms with E-state index in [9.17, 15) is 8.42 Å². The molecule has 5 heteroatoms. The van der Waals surface area contributed by atoms with Gasteiger partial charge in [0.15, 0.2) is 9.84 Å². The van der Waals surface area contributed by atoms with Gasteiger partial charge in [-0.3, -0.25) is 0 Å². The van der Waals surface area contributed by atoms with Gasteiger partial charge in [-0.05, 0) is 6.08 Å². The maximum absolute atomic E-state index is 10.9. The summed E-state index contributed by atoms with van der Waals surface area (Å²) in [5.41, 5.74) is 0. The second-order valence-electron chi connectivity index (χ2n) is 1.91. The molecular weight excluding hydrogens is 176 g/mol. The van der Waals surface area contributed by atoms with Crippen LogP contribution in [0.25, 0.3) is 0 Å². The molecule has 58 valence electrons. The van der Waals surface area contributed by atoms with Gasteiger partial charge in [-0.25, -0.2) is 8.42 Å². The first kappa shape index (κ1) is 8.04. The molecule has 1 rings (SSSR count). The molecule has 0 N–H and O–H groups in total. The summed E-state index contributed by atoms with van der Waals surface area (Å²) in [5, 5.41) is -0.359. The number of halogens is 1. The van der Waals surface area contributed by atoms with Crippen molar-refractivity contribution < 1.29 is 13.2 Å². The first-order valence-electron chi connectivity index (χ1n) is 2.72. The molecule has 1 aliphatic rings. The van der Waals surface area contributed by atoms with E-state index in [2.05, 4.69) is 0 Å². The molecule has 0 atom stereocenters. The second-order valence-corrected chi connectivity index (χ2v) is 4.54. The van der Waals surface area contributed by atoms with Crippen molar-refractivity contribution in [2.75, 3.05) is 18.4 Å². The van der Waals surface area contributed by atoms with E-state index in [0.717, 1.165) is 0 Å². The molecule has 0 saturated carbocycles.